The van der Waals surface area contributed by atoms with Crippen LogP contribution in [0.5, 0.6) is 0 Å². The van der Waals surface area contributed by atoms with Crippen LogP contribution in [0.1, 0.15) is 41.3 Å². The predicted octanol–water partition coefficient (Wildman–Crippen LogP) is 4.48. The first-order chi connectivity index (χ1) is 16.2. The summed E-state index contributed by atoms with van der Waals surface area (Å²) in [6.07, 6.45) is 0.787. The molecule has 4 rings (SSSR count). The third-order valence-electron chi connectivity index (χ3n) is 6.13. The highest BCUT2D eigenvalue weighted by Gasteiger charge is 2.35. The topological polar surface area (TPSA) is 75.9 Å². The maximum absolute atomic E-state index is 14.8. The molecule has 1 N–H and O–H groups in total. The fourth-order valence-electron chi connectivity index (χ4n) is 4.29. The largest absolute Gasteiger partial charge is 0.417 e. The number of carbonyl (C=O) groups excluding carboxylic acids is 1. The van der Waals surface area contributed by atoms with Crippen molar-refractivity contribution in [3.63, 3.8) is 0 Å². The number of anilines is 1. The lowest BCUT2D eigenvalue weighted by molar-refractivity contribution is -0.137. The Labute approximate surface area is 193 Å². The van der Waals surface area contributed by atoms with Crippen molar-refractivity contribution >= 4 is 11.7 Å². The van der Waals surface area contributed by atoms with Crippen LogP contribution in [0.15, 0.2) is 42.9 Å². The molecule has 3 aromatic rings. The molecule has 180 valence electrons. The van der Waals surface area contributed by atoms with Crippen LogP contribution in [0.2, 0.25) is 0 Å². The Hall–Kier alpha value is -3.50. The lowest BCUT2D eigenvalue weighted by Gasteiger charge is -2.40. The van der Waals surface area contributed by atoms with Crippen LogP contribution < -0.4 is 5.32 Å². The van der Waals surface area contributed by atoms with Gasteiger partial charge in [0.05, 0.1) is 29.6 Å². The van der Waals surface area contributed by atoms with Crippen LogP contribution in [0.4, 0.5) is 23.4 Å². The van der Waals surface area contributed by atoms with Gasteiger partial charge in [-0.1, -0.05) is 13.0 Å². The molecule has 1 fully saturated rings. The molecule has 1 aliphatic rings. The molecule has 1 amide bonds. The lowest BCUT2D eigenvalue weighted by atomic mass is 9.89. The first-order valence-corrected chi connectivity index (χ1v) is 10.9. The molecule has 0 bridgehead atoms. The second-order valence-corrected chi connectivity index (χ2v) is 8.40. The fraction of sp³-hybridized carbons (Fsp3) is 0.391. The molecule has 2 atom stereocenters. The summed E-state index contributed by atoms with van der Waals surface area (Å²) < 4.78 is 53.2. The number of pyridine rings is 1. The number of nitrogens with one attached hydrogen (secondary N) is 1. The zero-order valence-electron chi connectivity index (χ0n) is 18.7. The zero-order valence-corrected chi connectivity index (χ0v) is 18.7. The van der Waals surface area contributed by atoms with E-state index in [0.29, 0.717) is 12.1 Å². The van der Waals surface area contributed by atoms with Crippen LogP contribution in [0.3, 0.4) is 0 Å². The summed E-state index contributed by atoms with van der Waals surface area (Å²) in [5.41, 5.74) is -0.0671. The molecular formula is C23H24F4N6O. The second kappa shape index (κ2) is 9.40. The number of aromatic nitrogens is 4. The number of halogens is 4. The highest BCUT2D eigenvalue weighted by atomic mass is 19.4. The van der Waals surface area contributed by atoms with Crippen molar-refractivity contribution in [2.45, 2.75) is 38.9 Å². The summed E-state index contributed by atoms with van der Waals surface area (Å²) in [5, 5.41) is 11.1. The molecular weight excluding hydrogens is 452 g/mol. The number of likely N-dealkylation sites (tertiary alicyclic amines) is 1. The lowest BCUT2D eigenvalue weighted by Crippen LogP contribution is -2.51. The average Bonchev–Trinajstić information content (AvgIpc) is 3.33. The number of hydrogen-bond donors (Lipinski definition) is 1. The minimum atomic E-state index is -4.46. The summed E-state index contributed by atoms with van der Waals surface area (Å²) in [6, 6.07) is 4.77. The van der Waals surface area contributed by atoms with Crippen LogP contribution in [-0.2, 0) is 6.18 Å². The molecule has 1 saturated heterocycles. The van der Waals surface area contributed by atoms with Crippen LogP contribution >= 0.6 is 0 Å². The monoisotopic (exact) mass is 476 g/mol. The van der Waals surface area contributed by atoms with Gasteiger partial charge in [0.2, 0.25) is 0 Å². The number of nitrogens with zero attached hydrogens (tertiary/aromatic N) is 5. The van der Waals surface area contributed by atoms with E-state index < -0.39 is 17.6 Å². The molecule has 0 aliphatic carbocycles. The van der Waals surface area contributed by atoms with Crippen molar-refractivity contribution in [2.75, 3.05) is 18.4 Å². The van der Waals surface area contributed by atoms with Crippen LogP contribution in [0, 0.1) is 18.7 Å². The van der Waals surface area contributed by atoms with E-state index in [4.69, 9.17) is 0 Å². The molecule has 0 saturated carbocycles. The SMILES string of the molecule is Cc1ccc(F)c(-n2nccn2)c1C(=O)N1CCC[C@@H](C)[C@H]1CNc1ccc(C(F)(F)F)cn1. The van der Waals surface area contributed by atoms with Crippen molar-refractivity contribution in [3.05, 3.63) is 65.4 Å². The van der Waals surface area contributed by atoms with Crippen LogP contribution in [-0.4, -0.2) is 49.9 Å². The number of aryl methyl sites for hydroxylation is 1. The molecule has 3 heterocycles. The number of piperidine rings is 1. The molecule has 2 aromatic heterocycles. The van der Waals surface area contributed by atoms with E-state index in [-0.39, 0.29) is 41.5 Å². The molecule has 34 heavy (non-hydrogen) atoms. The quantitative estimate of drug-likeness (QED) is 0.550. The van der Waals surface area contributed by atoms with E-state index >= 15 is 0 Å². The van der Waals surface area contributed by atoms with E-state index in [1.807, 2.05) is 6.92 Å². The van der Waals surface area contributed by atoms with Gasteiger partial charge < -0.3 is 10.2 Å². The van der Waals surface area contributed by atoms with Gasteiger partial charge in [0.15, 0.2) is 5.82 Å². The Balaban J connectivity index is 1.60. The van der Waals surface area contributed by atoms with Gasteiger partial charge in [-0.05, 0) is 49.4 Å². The van der Waals surface area contributed by atoms with Crippen molar-refractivity contribution in [1.29, 1.82) is 0 Å². The molecule has 0 radical (unpaired) electrons. The van der Waals surface area contributed by atoms with Gasteiger partial charge in [-0.25, -0.2) is 9.37 Å². The summed E-state index contributed by atoms with van der Waals surface area (Å²) in [4.78, 5) is 20.4. The number of alkyl halides is 3. The summed E-state index contributed by atoms with van der Waals surface area (Å²) in [7, 11) is 0. The van der Waals surface area contributed by atoms with Gasteiger partial charge in [-0.3, -0.25) is 4.79 Å². The third kappa shape index (κ3) is 4.73. The third-order valence-corrected chi connectivity index (χ3v) is 6.13. The zero-order chi connectivity index (χ0) is 24.5. The van der Waals surface area contributed by atoms with Crippen LogP contribution in [0.25, 0.3) is 5.69 Å². The van der Waals surface area contributed by atoms with Gasteiger partial charge in [0.1, 0.15) is 11.5 Å². The van der Waals surface area contributed by atoms with Gasteiger partial charge in [0.25, 0.3) is 5.91 Å². The molecule has 11 heteroatoms. The molecule has 7 nitrogen and oxygen atoms in total. The van der Waals surface area contributed by atoms with E-state index in [0.717, 1.165) is 29.9 Å². The first kappa shape index (κ1) is 23.7. The molecule has 0 unspecified atom stereocenters. The highest BCUT2D eigenvalue weighted by Crippen LogP contribution is 2.31. The normalized spacial score (nSPS) is 18.7. The number of carbonyl (C=O) groups is 1. The van der Waals surface area contributed by atoms with E-state index in [1.54, 1.807) is 17.9 Å². The molecule has 1 aliphatic heterocycles. The van der Waals surface area contributed by atoms with Crippen molar-refractivity contribution in [3.8, 4) is 5.69 Å². The van der Waals surface area contributed by atoms with Gasteiger partial charge in [0, 0.05) is 19.3 Å². The minimum Gasteiger partial charge on any atom is -0.368 e. The van der Waals surface area contributed by atoms with Gasteiger partial charge >= 0.3 is 6.18 Å². The van der Waals surface area contributed by atoms with E-state index in [2.05, 4.69) is 20.5 Å². The summed E-state index contributed by atoms with van der Waals surface area (Å²) in [6.45, 7) is 4.50. The average molecular weight is 476 g/mol. The summed E-state index contributed by atoms with van der Waals surface area (Å²) in [5.74, 6) is -0.566. The Morgan fingerprint density at radius 2 is 1.91 bits per heavy atom. The standard InChI is InChI=1S/C23H24F4N6O/c1-14-4-3-11-32(18(14)13-29-19-8-6-16(12-28-19)23(25,26)27)22(34)20-15(2)5-7-17(24)21(20)33-30-9-10-31-33/h5-10,12,14,18H,3-4,11,13H2,1-2H3,(H,28,29)/t14-,18-/m1/s1. The number of rotatable bonds is 5. The van der Waals surface area contributed by atoms with Crippen molar-refractivity contribution in [1.82, 2.24) is 24.9 Å². The number of benzene rings is 1. The first-order valence-electron chi connectivity index (χ1n) is 10.9. The summed E-state index contributed by atoms with van der Waals surface area (Å²) >= 11 is 0. The Bertz CT molecular complexity index is 1150. The van der Waals surface area contributed by atoms with E-state index in [1.165, 1.54) is 24.5 Å². The van der Waals surface area contributed by atoms with Gasteiger partial charge in [-0.2, -0.15) is 23.4 Å². The fourth-order valence-corrected chi connectivity index (χ4v) is 4.29. The van der Waals surface area contributed by atoms with Gasteiger partial charge in [-0.15, -0.1) is 4.80 Å². The second-order valence-electron chi connectivity index (χ2n) is 8.40. The number of amides is 1. The van der Waals surface area contributed by atoms with Crippen molar-refractivity contribution in [2.24, 2.45) is 5.92 Å². The minimum absolute atomic E-state index is 0.00987. The Kier molecular flexibility index (Phi) is 6.54. The maximum atomic E-state index is 14.8. The predicted molar refractivity (Wildman–Crippen MR) is 117 cm³/mol. The molecule has 0 spiro atoms. The van der Waals surface area contributed by atoms with E-state index in [9.17, 15) is 22.4 Å². The highest BCUT2D eigenvalue weighted by molar-refractivity contribution is 5.99. The smallest absolute Gasteiger partial charge is 0.368 e. The van der Waals surface area contributed by atoms with Crippen molar-refractivity contribution < 1.29 is 22.4 Å². The number of hydrogen-bond acceptors (Lipinski definition) is 5. The molecule has 1 aromatic carbocycles. The Morgan fingerprint density at radius 1 is 1.18 bits per heavy atom. The maximum Gasteiger partial charge on any atom is 0.417 e. The Morgan fingerprint density at radius 3 is 2.56 bits per heavy atom.